The smallest absolute Gasteiger partial charge is 0.410 e. The lowest BCUT2D eigenvalue weighted by Gasteiger charge is -2.33. The van der Waals surface area contributed by atoms with E-state index in [1.54, 1.807) is 18.0 Å². The van der Waals surface area contributed by atoms with Crippen molar-refractivity contribution in [1.29, 1.82) is 0 Å². The molecule has 0 radical (unpaired) electrons. The summed E-state index contributed by atoms with van der Waals surface area (Å²) in [7, 11) is 0. The van der Waals surface area contributed by atoms with E-state index >= 15 is 0 Å². The van der Waals surface area contributed by atoms with Crippen molar-refractivity contribution in [3.8, 4) is 5.88 Å². The number of allylic oxidation sites excluding steroid dienone is 2. The van der Waals surface area contributed by atoms with Gasteiger partial charge in [0.1, 0.15) is 11.7 Å². The molecule has 1 saturated heterocycles. The van der Waals surface area contributed by atoms with Gasteiger partial charge in [-0.3, -0.25) is 4.79 Å². The fraction of sp³-hybridized carbons (Fsp3) is 0.630. The molecule has 3 unspecified atom stereocenters. The summed E-state index contributed by atoms with van der Waals surface area (Å²) in [6.45, 7) is 9.12. The quantitative estimate of drug-likeness (QED) is 0.525. The number of carbonyl (C=O) groups excluding carboxylic acids is 3. The largest absolute Gasteiger partial charge is 0.477 e. The van der Waals surface area contributed by atoms with Gasteiger partial charge in [-0.05, 0) is 82.9 Å². The average molecular weight is 502 g/mol. The lowest BCUT2D eigenvalue weighted by Crippen LogP contribution is -2.44. The molecule has 1 aromatic rings. The summed E-state index contributed by atoms with van der Waals surface area (Å²) in [6.07, 6.45) is 6.63. The molecule has 1 aromatic heterocycles. The van der Waals surface area contributed by atoms with Crippen LogP contribution in [-0.2, 0) is 14.3 Å². The van der Waals surface area contributed by atoms with E-state index in [0.717, 1.165) is 30.4 Å². The normalized spacial score (nSPS) is 20.6. The van der Waals surface area contributed by atoms with Gasteiger partial charge >= 0.3 is 6.09 Å². The molecule has 9 nitrogen and oxygen atoms in total. The maximum absolute atomic E-state index is 12.4. The molecule has 9 heteroatoms. The van der Waals surface area contributed by atoms with Crippen LogP contribution >= 0.6 is 0 Å². The van der Waals surface area contributed by atoms with Gasteiger partial charge < -0.3 is 29.6 Å². The fourth-order valence-electron chi connectivity index (χ4n) is 4.35. The number of hydrogen-bond donors (Lipinski definition) is 2. The zero-order valence-corrected chi connectivity index (χ0v) is 21.7. The molecule has 0 aromatic carbocycles. The van der Waals surface area contributed by atoms with E-state index in [-0.39, 0.29) is 17.9 Å². The number of hydrogen-bond acceptors (Lipinski definition) is 7. The number of nitrogens with zero attached hydrogens (tertiary/aromatic N) is 2. The Labute approximate surface area is 213 Å². The van der Waals surface area contributed by atoms with Crippen molar-refractivity contribution in [2.24, 2.45) is 11.8 Å². The van der Waals surface area contributed by atoms with E-state index in [2.05, 4.69) is 16.4 Å². The molecule has 1 fully saturated rings. The van der Waals surface area contributed by atoms with E-state index < -0.39 is 17.7 Å². The lowest BCUT2D eigenvalue weighted by atomic mass is 9.86. The number of aliphatic hydroxyl groups is 1. The average Bonchev–Trinajstić information content (AvgIpc) is 2.86. The standard InChI is InChI=1S/C27H39N3O6/c1-18(23(32)16-31)29-25(33)21-7-5-20(6-8-21)22-9-10-24(28-15-22)35-17-19-11-13-30(14-12-19)26(34)36-27(2,3)4/h5,9-10,15-16,18-19,21,23,32H,6-8,11-14,17H2,1-4H3,(H,29,33). The van der Waals surface area contributed by atoms with Gasteiger partial charge in [-0.1, -0.05) is 6.08 Å². The maximum Gasteiger partial charge on any atom is 0.410 e. The third-order valence-electron chi connectivity index (χ3n) is 6.64. The van der Waals surface area contributed by atoms with Gasteiger partial charge in [0.25, 0.3) is 0 Å². The number of piperidine rings is 1. The summed E-state index contributed by atoms with van der Waals surface area (Å²) in [6, 6.07) is 3.25. The van der Waals surface area contributed by atoms with E-state index in [0.29, 0.717) is 50.6 Å². The Morgan fingerprint density at radius 2 is 1.97 bits per heavy atom. The second-order valence-corrected chi connectivity index (χ2v) is 10.7. The first-order valence-electron chi connectivity index (χ1n) is 12.8. The van der Waals surface area contributed by atoms with Crippen molar-refractivity contribution in [1.82, 2.24) is 15.2 Å². The topological polar surface area (TPSA) is 118 Å². The zero-order chi connectivity index (χ0) is 26.3. The molecule has 0 bridgehead atoms. The molecule has 198 valence electrons. The molecule has 2 aliphatic rings. The maximum atomic E-state index is 12.4. The first-order chi connectivity index (χ1) is 17.1. The molecule has 36 heavy (non-hydrogen) atoms. The van der Waals surface area contributed by atoms with E-state index in [1.807, 2.05) is 32.9 Å². The van der Waals surface area contributed by atoms with Crippen LogP contribution in [0.4, 0.5) is 4.79 Å². The lowest BCUT2D eigenvalue weighted by molar-refractivity contribution is -0.127. The highest BCUT2D eigenvalue weighted by Gasteiger charge is 2.28. The second-order valence-electron chi connectivity index (χ2n) is 10.7. The first kappa shape index (κ1) is 27.6. The summed E-state index contributed by atoms with van der Waals surface area (Å²) in [5.74, 6) is 0.624. The number of carbonyl (C=O) groups is 3. The molecular formula is C27H39N3O6. The monoisotopic (exact) mass is 501 g/mol. The minimum Gasteiger partial charge on any atom is -0.477 e. The molecule has 2 N–H and O–H groups in total. The highest BCUT2D eigenvalue weighted by atomic mass is 16.6. The fourth-order valence-corrected chi connectivity index (χ4v) is 4.35. The van der Waals surface area contributed by atoms with Gasteiger partial charge in [-0.25, -0.2) is 9.78 Å². The van der Waals surface area contributed by atoms with Crippen LogP contribution in [0.3, 0.4) is 0 Å². The van der Waals surface area contributed by atoms with Crippen molar-refractivity contribution >= 4 is 23.9 Å². The predicted octanol–water partition coefficient (Wildman–Crippen LogP) is 3.36. The van der Waals surface area contributed by atoms with Crippen LogP contribution in [0.15, 0.2) is 24.4 Å². The number of aliphatic hydroxyl groups excluding tert-OH is 1. The molecule has 2 amide bonds. The van der Waals surface area contributed by atoms with Crippen LogP contribution in [0.25, 0.3) is 5.57 Å². The zero-order valence-electron chi connectivity index (χ0n) is 21.7. The predicted molar refractivity (Wildman–Crippen MR) is 135 cm³/mol. The Morgan fingerprint density at radius 3 is 2.53 bits per heavy atom. The number of pyridine rings is 1. The summed E-state index contributed by atoms with van der Waals surface area (Å²) in [5.41, 5.74) is 1.67. The Kier molecular flexibility index (Phi) is 9.48. The minimum atomic E-state index is -1.19. The van der Waals surface area contributed by atoms with E-state index in [4.69, 9.17) is 9.47 Å². The molecule has 0 spiro atoms. The number of amides is 2. The molecule has 1 aliphatic heterocycles. The van der Waals surface area contributed by atoms with Crippen LogP contribution in [0, 0.1) is 11.8 Å². The molecular weight excluding hydrogens is 462 g/mol. The van der Waals surface area contributed by atoms with Crippen LogP contribution in [-0.4, -0.2) is 70.7 Å². The molecule has 3 rings (SSSR count). The van der Waals surface area contributed by atoms with Crippen molar-refractivity contribution in [3.63, 3.8) is 0 Å². The van der Waals surface area contributed by atoms with Gasteiger partial charge in [0.05, 0.1) is 12.6 Å². The number of rotatable bonds is 8. The van der Waals surface area contributed by atoms with Gasteiger partial charge in [0, 0.05) is 31.3 Å². The Morgan fingerprint density at radius 1 is 1.25 bits per heavy atom. The van der Waals surface area contributed by atoms with Crippen molar-refractivity contribution in [2.45, 2.75) is 77.5 Å². The van der Waals surface area contributed by atoms with Crippen LogP contribution in [0.2, 0.25) is 0 Å². The van der Waals surface area contributed by atoms with Gasteiger partial charge in [-0.2, -0.15) is 0 Å². The molecule has 3 atom stereocenters. The minimum absolute atomic E-state index is 0.141. The van der Waals surface area contributed by atoms with Crippen LogP contribution in [0.1, 0.15) is 65.4 Å². The first-order valence-corrected chi connectivity index (χ1v) is 12.8. The molecule has 0 saturated carbocycles. The van der Waals surface area contributed by atoms with E-state index in [9.17, 15) is 19.5 Å². The number of likely N-dealkylation sites (tertiary alicyclic amines) is 1. The van der Waals surface area contributed by atoms with Crippen molar-refractivity contribution in [2.75, 3.05) is 19.7 Å². The third-order valence-corrected chi connectivity index (χ3v) is 6.64. The number of aromatic nitrogens is 1. The summed E-state index contributed by atoms with van der Waals surface area (Å²) < 4.78 is 11.4. The number of nitrogens with one attached hydrogen (secondary N) is 1. The second kappa shape index (κ2) is 12.3. The van der Waals surface area contributed by atoms with Crippen LogP contribution < -0.4 is 10.1 Å². The van der Waals surface area contributed by atoms with Crippen molar-refractivity contribution in [3.05, 3.63) is 30.0 Å². The van der Waals surface area contributed by atoms with Gasteiger partial charge in [0.15, 0.2) is 6.29 Å². The number of ether oxygens (including phenoxy) is 2. The summed E-state index contributed by atoms with van der Waals surface area (Å²) >= 11 is 0. The Hall–Kier alpha value is -2.94. The Balaban J connectivity index is 1.42. The van der Waals surface area contributed by atoms with Crippen LogP contribution in [0.5, 0.6) is 5.88 Å². The number of aldehydes is 1. The van der Waals surface area contributed by atoms with E-state index in [1.165, 1.54) is 0 Å². The third kappa shape index (κ3) is 8.05. The van der Waals surface area contributed by atoms with Gasteiger partial charge in [-0.15, -0.1) is 0 Å². The SMILES string of the molecule is CC(NC(=O)C1CC=C(c2ccc(OCC3CCN(C(=O)OC(C)(C)C)CC3)nc2)CC1)C(O)C=O. The molecule has 1 aliphatic carbocycles. The highest BCUT2D eigenvalue weighted by Crippen LogP contribution is 2.31. The summed E-state index contributed by atoms with van der Waals surface area (Å²) in [5, 5.41) is 12.2. The molecule has 2 heterocycles. The van der Waals surface area contributed by atoms with Crippen molar-refractivity contribution < 1.29 is 29.0 Å². The highest BCUT2D eigenvalue weighted by molar-refractivity contribution is 5.81. The van der Waals surface area contributed by atoms with Gasteiger partial charge in [0.2, 0.25) is 11.8 Å². The Bertz CT molecular complexity index is 932. The summed E-state index contributed by atoms with van der Waals surface area (Å²) in [4.78, 5) is 41.5.